The van der Waals surface area contributed by atoms with E-state index in [0.717, 1.165) is 17.1 Å². The van der Waals surface area contributed by atoms with E-state index in [1.54, 1.807) is 0 Å². The molecule has 0 amide bonds. The van der Waals surface area contributed by atoms with Gasteiger partial charge in [-0.2, -0.15) is 0 Å². The number of rotatable bonds is 7. The summed E-state index contributed by atoms with van der Waals surface area (Å²) in [6.45, 7) is 20.7. The molecule has 0 unspecified atom stereocenters. The van der Waals surface area contributed by atoms with Crippen LogP contribution in [0, 0.1) is 0 Å². The van der Waals surface area contributed by atoms with Gasteiger partial charge in [0.05, 0.1) is 28.1 Å². The molecule has 0 saturated heterocycles. The Morgan fingerprint density at radius 1 is 0.319 bits per heavy atom. The van der Waals surface area contributed by atoms with E-state index >= 15 is 0 Å². The molecule has 1 aromatic heterocycles. The Labute approximate surface area is 425 Å². The lowest BCUT2D eigenvalue weighted by Gasteiger charge is -2.30. The fraction of sp³-hybridized carbons (Fsp3) is 0.171. The molecule has 0 aliphatic heterocycles. The number of fused-ring (bicyclic) bond motifs is 3. The fourth-order valence-electron chi connectivity index (χ4n) is 11.2. The van der Waals surface area contributed by atoms with Crippen LogP contribution in [0.25, 0.3) is 93.2 Å². The summed E-state index contributed by atoms with van der Waals surface area (Å²) >= 11 is 0. The maximum Gasteiger partial charge on any atom is 0.0541 e. The topological polar surface area (TPSA) is 8.17 Å². The normalized spacial score (nSPS) is 12.5. The average Bonchev–Trinajstić information content (AvgIpc) is 3.72. The summed E-state index contributed by atoms with van der Waals surface area (Å²) in [5, 5.41) is 10.0. The maximum absolute atomic E-state index is 2.52. The smallest absolute Gasteiger partial charge is 0.0541 e. The number of hydrogen-bond acceptors (Lipinski definition) is 1. The second kappa shape index (κ2) is 16.8. The van der Waals surface area contributed by atoms with Gasteiger partial charge in [0.2, 0.25) is 0 Å². The van der Waals surface area contributed by atoms with E-state index in [1.165, 1.54) is 110 Å². The van der Waals surface area contributed by atoms with Gasteiger partial charge in [-0.15, -0.1) is 0 Å². The standard InChI is InChI=1S/C70H62N2/c1-68(2,3)50-34-26-46(27-35-50)54-18-10-11-19-55(54)56-20-12-15-23-61(56)71(53-36-28-45(29-37-53)49-42-51(69(4,5)6)44-52(43-49)70(7,8)9)64-40-32-47-31-39-60-65(41-33-48-30-38-59(64)66(47)67(48)60)72-62-24-16-13-21-57(62)58-22-14-17-25-63(58)72/h10-44H,1-9H3. The van der Waals surface area contributed by atoms with Crippen LogP contribution in [0.2, 0.25) is 0 Å². The predicted octanol–water partition coefficient (Wildman–Crippen LogP) is 20.0. The predicted molar refractivity (Wildman–Crippen MR) is 312 cm³/mol. The molecule has 2 nitrogen and oxygen atoms in total. The molecule has 0 radical (unpaired) electrons. The van der Waals surface area contributed by atoms with E-state index in [4.69, 9.17) is 0 Å². The second-order valence-corrected chi connectivity index (χ2v) is 23.0. The molecule has 0 bridgehead atoms. The third kappa shape index (κ3) is 7.64. The van der Waals surface area contributed by atoms with Crippen molar-refractivity contribution in [1.29, 1.82) is 0 Å². The van der Waals surface area contributed by atoms with Gasteiger partial charge in [0, 0.05) is 32.8 Å². The van der Waals surface area contributed by atoms with Crippen LogP contribution in [0.4, 0.5) is 17.1 Å². The Hall–Kier alpha value is -7.94. The lowest BCUT2D eigenvalue weighted by molar-refractivity contribution is 0.569. The molecule has 12 rings (SSSR count). The van der Waals surface area contributed by atoms with E-state index in [-0.39, 0.29) is 16.2 Å². The molecular formula is C70H62N2. The van der Waals surface area contributed by atoms with Crippen molar-refractivity contribution in [2.75, 3.05) is 4.90 Å². The van der Waals surface area contributed by atoms with Crippen LogP contribution in [0.15, 0.2) is 212 Å². The number of nitrogens with zero attached hydrogens (tertiary/aromatic N) is 2. The van der Waals surface area contributed by atoms with E-state index in [9.17, 15) is 0 Å². The van der Waals surface area contributed by atoms with Crippen molar-refractivity contribution in [2.24, 2.45) is 0 Å². The quantitative estimate of drug-likeness (QED) is 0.145. The number of aromatic nitrogens is 1. The fourth-order valence-corrected chi connectivity index (χ4v) is 11.2. The van der Waals surface area contributed by atoms with Gasteiger partial charge in [0.1, 0.15) is 0 Å². The lowest BCUT2D eigenvalue weighted by Crippen LogP contribution is -2.16. The highest BCUT2D eigenvalue weighted by atomic mass is 15.1. The molecule has 0 fully saturated rings. The Morgan fingerprint density at radius 2 is 0.806 bits per heavy atom. The van der Waals surface area contributed by atoms with E-state index in [2.05, 4.69) is 284 Å². The maximum atomic E-state index is 2.52. The molecule has 11 aromatic carbocycles. The summed E-state index contributed by atoms with van der Waals surface area (Å²) in [6, 6.07) is 80.0. The Kier molecular flexibility index (Phi) is 10.6. The van der Waals surface area contributed by atoms with Crippen molar-refractivity contribution in [3.63, 3.8) is 0 Å². The van der Waals surface area contributed by atoms with Crippen LogP contribution >= 0.6 is 0 Å². The van der Waals surface area contributed by atoms with Gasteiger partial charge >= 0.3 is 0 Å². The van der Waals surface area contributed by atoms with E-state index in [0.29, 0.717) is 0 Å². The Bertz CT molecular complexity index is 3930. The highest BCUT2D eigenvalue weighted by Gasteiger charge is 2.25. The van der Waals surface area contributed by atoms with Crippen LogP contribution in [-0.4, -0.2) is 4.57 Å². The summed E-state index contributed by atoms with van der Waals surface area (Å²) in [7, 11) is 0. The molecule has 0 saturated carbocycles. The molecule has 352 valence electrons. The minimum absolute atomic E-state index is 0.0145. The van der Waals surface area contributed by atoms with Gasteiger partial charge in [0.15, 0.2) is 0 Å². The largest absolute Gasteiger partial charge is 0.309 e. The van der Waals surface area contributed by atoms with Gasteiger partial charge < -0.3 is 9.47 Å². The van der Waals surface area contributed by atoms with Gasteiger partial charge in [-0.3, -0.25) is 0 Å². The van der Waals surface area contributed by atoms with Crippen molar-refractivity contribution < 1.29 is 0 Å². The molecule has 0 aliphatic rings. The highest BCUT2D eigenvalue weighted by Crippen LogP contribution is 2.49. The first-order chi connectivity index (χ1) is 34.6. The molecule has 72 heavy (non-hydrogen) atoms. The van der Waals surface area contributed by atoms with Gasteiger partial charge in [-0.05, 0) is 125 Å². The third-order valence-electron chi connectivity index (χ3n) is 15.2. The molecule has 1 heterocycles. The van der Waals surface area contributed by atoms with Crippen molar-refractivity contribution in [2.45, 2.75) is 78.6 Å². The monoisotopic (exact) mass is 930 g/mol. The molecule has 12 aromatic rings. The first kappa shape index (κ1) is 45.2. The summed E-state index contributed by atoms with van der Waals surface area (Å²) < 4.78 is 2.47. The summed E-state index contributed by atoms with van der Waals surface area (Å²) in [5.74, 6) is 0. The highest BCUT2D eigenvalue weighted by molar-refractivity contribution is 6.27. The first-order valence-corrected chi connectivity index (χ1v) is 25.7. The number of para-hydroxylation sites is 3. The average molecular weight is 931 g/mol. The molecule has 0 N–H and O–H groups in total. The van der Waals surface area contributed by atoms with Crippen molar-refractivity contribution in [3.8, 4) is 39.1 Å². The summed E-state index contributed by atoms with van der Waals surface area (Å²) in [6.07, 6.45) is 0. The van der Waals surface area contributed by atoms with Crippen LogP contribution in [-0.2, 0) is 16.2 Å². The van der Waals surface area contributed by atoms with Crippen LogP contribution in [0.1, 0.15) is 79.0 Å². The minimum Gasteiger partial charge on any atom is -0.309 e. The molecule has 0 aliphatic carbocycles. The third-order valence-corrected chi connectivity index (χ3v) is 15.2. The molecule has 0 atom stereocenters. The van der Waals surface area contributed by atoms with Crippen LogP contribution in [0.5, 0.6) is 0 Å². The molecule has 0 spiro atoms. The lowest BCUT2D eigenvalue weighted by atomic mass is 9.79. The van der Waals surface area contributed by atoms with Gasteiger partial charge in [0.25, 0.3) is 0 Å². The van der Waals surface area contributed by atoms with Crippen molar-refractivity contribution >= 4 is 71.2 Å². The Morgan fingerprint density at radius 3 is 1.42 bits per heavy atom. The van der Waals surface area contributed by atoms with Gasteiger partial charge in [-0.1, -0.05) is 232 Å². The van der Waals surface area contributed by atoms with Gasteiger partial charge in [-0.25, -0.2) is 0 Å². The van der Waals surface area contributed by atoms with Crippen LogP contribution < -0.4 is 4.90 Å². The Balaban J connectivity index is 1.09. The molecular weight excluding hydrogens is 869 g/mol. The summed E-state index contributed by atoms with van der Waals surface area (Å²) in [5.41, 5.74) is 18.3. The SMILES string of the molecule is CC(C)(C)c1ccc(-c2ccccc2-c2ccccc2N(c2ccc(-c3cc(C(C)(C)C)cc(C(C)(C)C)c3)cc2)c2ccc3ccc4c(-n5c6ccccc6c6ccccc65)ccc5ccc2c3c54)cc1. The summed E-state index contributed by atoms with van der Waals surface area (Å²) in [4.78, 5) is 2.52. The zero-order chi connectivity index (χ0) is 49.7. The van der Waals surface area contributed by atoms with E-state index in [1.807, 2.05) is 0 Å². The van der Waals surface area contributed by atoms with Crippen molar-refractivity contribution in [3.05, 3.63) is 229 Å². The van der Waals surface area contributed by atoms with Crippen LogP contribution in [0.3, 0.4) is 0 Å². The number of hydrogen-bond donors (Lipinski definition) is 0. The van der Waals surface area contributed by atoms with Crippen molar-refractivity contribution in [1.82, 2.24) is 4.57 Å². The zero-order valence-corrected chi connectivity index (χ0v) is 43.1. The van der Waals surface area contributed by atoms with E-state index < -0.39 is 0 Å². The second-order valence-electron chi connectivity index (χ2n) is 23.0. The zero-order valence-electron chi connectivity index (χ0n) is 43.1. The molecule has 2 heteroatoms. The number of anilines is 3. The number of benzene rings is 11. The first-order valence-electron chi connectivity index (χ1n) is 25.7. The minimum atomic E-state index is 0.0145.